The van der Waals surface area contributed by atoms with Crippen molar-refractivity contribution < 1.29 is 14.3 Å². The topological polar surface area (TPSA) is 82.7 Å². The summed E-state index contributed by atoms with van der Waals surface area (Å²) in [5.41, 5.74) is 0. The lowest BCUT2D eigenvalue weighted by atomic mass is 9.95. The van der Waals surface area contributed by atoms with Crippen LogP contribution in [0.15, 0.2) is 0 Å². The van der Waals surface area contributed by atoms with Gasteiger partial charge >= 0.3 is 6.03 Å². The van der Waals surface area contributed by atoms with Crippen LogP contribution in [-0.4, -0.2) is 69.8 Å². The molecule has 1 rings (SSSR count). The fraction of sp³-hybridized carbons (Fsp3) is 0.857. The van der Waals surface area contributed by atoms with E-state index in [0.717, 1.165) is 45.6 Å². The molecule has 1 aliphatic heterocycles. The molecule has 7 heteroatoms. The van der Waals surface area contributed by atoms with Crippen molar-refractivity contribution in [3.05, 3.63) is 0 Å². The van der Waals surface area contributed by atoms with Gasteiger partial charge in [0.15, 0.2) is 0 Å². The zero-order valence-electron chi connectivity index (χ0n) is 13.3. The van der Waals surface area contributed by atoms with Gasteiger partial charge in [-0.3, -0.25) is 15.0 Å². The third kappa shape index (κ3) is 6.41. The second kappa shape index (κ2) is 9.70. The summed E-state index contributed by atoms with van der Waals surface area (Å²) in [6.45, 7) is 6.22. The lowest BCUT2D eigenvalue weighted by Gasteiger charge is -2.35. The van der Waals surface area contributed by atoms with Crippen molar-refractivity contribution in [3.63, 3.8) is 0 Å². The molecule has 1 atom stereocenters. The highest BCUT2D eigenvalue weighted by molar-refractivity contribution is 5.96. The Balaban J connectivity index is 2.25. The van der Waals surface area contributed by atoms with Gasteiger partial charge in [-0.2, -0.15) is 0 Å². The van der Waals surface area contributed by atoms with Gasteiger partial charge in [0.25, 0.3) is 0 Å². The zero-order chi connectivity index (χ0) is 15.7. The van der Waals surface area contributed by atoms with E-state index in [9.17, 15) is 9.59 Å². The monoisotopic (exact) mass is 300 g/mol. The van der Waals surface area contributed by atoms with Gasteiger partial charge in [-0.25, -0.2) is 4.79 Å². The number of nitrogens with one attached hydrogen (secondary N) is 3. The van der Waals surface area contributed by atoms with Crippen LogP contribution >= 0.6 is 0 Å². The highest BCUT2D eigenvalue weighted by Gasteiger charge is 2.27. The molecule has 0 aromatic heterocycles. The van der Waals surface area contributed by atoms with Crippen LogP contribution in [0, 0.1) is 5.92 Å². The van der Waals surface area contributed by atoms with Crippen LogP contribution in [0.4, 0.5) is 4.79 Å². The van der Waals surface area contributed by atoms with Crippen molar-refractivity contribution in [2.75, 3.05) is 46.9 Å². The third-order valence-electron chi connectivity index (χ3n) is 3.96. The summed E-state index contributed by atoms with van der Waals surface area (Å²) in [7, 11) is 3.20. The normalized spacial score (nSPS) is 18.2. The van der Waals surface area contributed by atoms with E-state index in [2.05, 4.69) is 20.9 Å². The minimum absolute atomic E-state index is 0.244. The van der Waals surface area contributed by atoms with Gasteiger partial charge in [-0.05, 0) is 45.3 Å². The number of urea groups is 1. The summed E-state index contributed by atoms with van der Waals surface area (Å²) in [5, 5.41) is 8.10. The Hall–Kier alpha value is -1.18. The molecule has 1 saturated heterocycles. The number of amides is 3. The Morgan fingerprint density at radius 1 is 1.33 bits per heavy atom. The molecule has 21 heavy (non-hydrogen) atoms. The van der Waals surface area contributed by atoms with E-state index >= 15 is 0 Å². The van der Waals surface area contributed by atoms with Gasteiger partial charge in [0, 0.05) is 20.7 Å². The molecule has 1 heterocycles. The van der Waals surface area contributed by atoms with Crippen molar-refractivity contribution >= 4 is 11.9 Å². The zero-order valence-corrected chi connectivity index (χ0v) is 13.3. The second-order valence-corrected chi connectivity index (χ2v) is 5.42. The Morgan fingerprint density at radius 3 is 2.57 bits per heavy atom. The molecule has 122 valence electrons. The number of carbonyl (C=O) groups is 2. The first-order chi connectivity index (χ1) is 10.1. The standard InChI is InChI=1S/C14H28N4O3/c1-11(13(19)17-14(20)15-2)18-7-4-12(5-8-18)10-16-6-9-21-3/h11-12,16H,4-10H2,1-3H3,(H2,15,17,19,20). The molecular formula is C14H28N4O3. The van der Waals surface area contributed by atoms with Gasteiger partial charge in [0.2, 0.25) is 5.91 Å². The van der Waals surface area contributed by atoms with Crippen LogP contribution < -0.4 is 16.0 Å². The quantitative estimate of drug-likeness (QED) is 0.566. The first kappa shape index (κ1) is 17.9. The fourth-order valence-electron chi connectivity index (χ4n) is 2.47. The van der Waals surface area contributed by atoms with Crippen LogP contribution in [0.2, 0.25) is 0 Å². The number of carbonyl (C=O) groups excluding carboxylic acids is 2. The van der Waals surface area contributed by atoms with Gasteiger partial charge in [-0.15, -0.1) is 0 Å². The van der Waals surface area contributed by atoms with Crippen LogP contribution in [0.5, 0.6) is 0 Å². The molecule has 0 bridgehead atoms. The number of methoxy groups -OCH3 is 1. The van der Waals surface area contributed by atoms with E-state index in [1.165, 1.54) is 7.05 Å². The van der Waals surface area contributed by atoms with E-state index in [1.807, 2.05) is 6.92 Å². The number of likely N-dealkylation sites (tertiary alicyclic amines) is 1. The average Bonchev–Trinajstić information content (AvgIpc) is 2.51. The van der Waals surface area contributed by atoms with E-state index in [1.54, 1.807) is 7.11 Å². The number of hydrogen-bond acceptors (Lipinski definition) is 5. The average molecular weight is 300 g/mol. The predicted molar refractivity (Wildman–Crippen MR) is 81.1 cm³/mol. The maximum atomic E-state index is 11.9. The summed E-state index contributed by atoms with van der Waals surface area (Å²) in [6, 6.07) is -0.728. The van der Waals surface area contributed by atoms with E-state index in [0.29, 0.717) is 5.92 Å². The molecule has 3 N–H and O–H groups in total. The maximum Gasteiger partial charge on any atom is 0.321 e. The molecule has 1 fully saturated rings. The first-order valence-electron chi connectivity index (χ1n) is 7.54. The Labute approximate surface area is 126 Å². The van der Waals surface area contributed by atoms with Crippen molar-refractivity contribution in [1.82, 2.24) is 20.9 Å². The van der Waals surface area contributed by atoms with Gasteiger partial charge in [0.1, 0.15) is 0 Å². The first-order valence-corrected chi connectivity index (χ1v) is 7.54. The van der Waals surface area contributed by atoms with Crippen LogP contribution in [0.1, 0.15) is 19.8 Å². The number of imide groups is 1. The SMILES string of the molecule is CNC(=O)NC(=O)C(C)N1CCC(CNCCOC)CC1. The number of nitrogens with zero attached hydrogens (tertiary/aromatic N) is 1. The molecule has 0 radical (unpaired) electrons. The summed E-state index contributed by atoms with van der Waals surface area (Å²) < 4.78 is 5.00. The van der Waals surface area contributed by atoms with E-state index in [-0.39, 0.29) is 11.9 Å². The number of rotatable bonds is 7. The summed E-state index contributed by atoms with van der Waals surface area (Å²) in [4.78, 5) is 25.2. The van der Waals surface area contributed by atoms with Crippen molar-refractivity contribution in [2.24, 2.45) is 5.92 Å². The van der Waals surface area contributed by atoms with Crippen LogP contribution in [0.25, 0.3) is 0 Å². The number of hydrogen-bond donors (Lipinski definition) is 3. The Bertz CT molecular complexity index is 330. The number of piperidine rings is 1. The largest absolute Gasteiger partial charge is 0.383 e. The smallest absolute Gasteiger partial charge is 0.321 e. The maximum absolute atomic E-state index is 11.9. The van der Waals surface area contributed by atoms with Crippen molar-refractivity contribution in [3.8, 4) is 0 Å². The van der Waals surface area contributed by atoms with E-state index in [4.69, 9.17) is 4.74 Å². The second-order valence-electron chi connectivity index (χ2n) is 5.42. The van der Waals surface area contributed by atoms with Crippen molar-refractivity contribution in [2.45, 2.75) is 25.8 Å². The minimum Gasteiger partial charge on any atom is -0.383 e. The van der Waals surface area contributed by atoms with Gasteiger partial charge < -0.3 is 15.4 Å². The Morgan fingerprint density at radius 2 is 2.00 bits per heavy atom. The predicted octanol–water partition coefficient (Wildman–Crippen LogP) is -0.221. The lowest BCUT2D eigenvalue weighted by molar-refractivity contribution is -0.125. The molecule has 0 aromatic rings. The molecule has 1 aliphatic rings. The molecule has 0 spiro atoms. The highest BCUT2D eigenvalue weighted by atomic mass is 16.5. The minimum atomic E-state index is -0.455. The Kier molecular flexibility index (Phi) is 8.26. The summed E-state index contributed by atoms with van der Waals surface area (Å²) in [5.74, 6) is 0.401. The fourth-order valence-corrected chi connectivity index (χ4v) is 2.47. The lowest BCUT2D eigenvalue weighted by Crippen LogP contribution is -2.51. The molecule has 0 aliphatic carbocycles. The molecular weight excluding hydrogens is 272 g/mol. The molecule has 0 aromatic carbocycles. The van der Waals surface area contributed by atoms with Crippen LogP contribution in [0.3, 0.4) is 0 Å². The van der Waals surface area contributed by atoms with Crippen LogP contribution in [-0.2, 0) is 9.53 Å². The summed E-state index contributed by atoms with van der Waals surface area (Å²) >= 11 is 0. The molecule has 0 saturated carbocycles. The molecule has 7 nitrogen and oxygen atoms in total. The van der Waals surface area contributed by atoms with Gasteiger partial charge in [0.05, 0.1) is 12.6 Å². The highest BCUT2D eigenvalue weighted by Crippen LogP contribution is 2.18. The van der Waals surface area contributed by atoms with Gasteiger partial charge in [-0.1, -0.05) is 0 Å². The third-order valence-corrected chi connectivity index (χ3v) is 3.96. The van der Waals surface area contributed by atoms with Crippen molar-refractivity contribution in [1.29, 1.82) is 0 Å². The molecule has 1 unspecified atom stereocenters. The number of ether oxygens (including phenoxy) is 1. The van der Waals surface area contributed by atoms with E-state index < -0.39 is 6.03 Å². The summed E-state index contributed by atoms with van der Waals surface area (Å²) in [6.07, 6.45) is 2.13. The molecule has 3 amide bonds.